The normalized spacial score (nSPS) is 22.5. The first-order chi connectivity index (χ1) is 8.18. The highest BCUT2D eigenvalue weighted by Gasteiger charge is 2.34. The van der Waals surface area contributed by atoms with E-state index in [1.807, 2.05) is 0 Å². The van der Waals surface area contributed by atoms with E-state index in [-0.39, 0.29) is 30.8 Å². The highest BCUT2D eigenvalue weighted by atomic mass is 32.2. The third-order valence-electron chi connectivity index (χ3n) is 2.95. The van der Waals surface area contributed by atoms with Crippen LogP contribution in [-0.4, -0.2) is 50.7 Å². The molecular formula is C9H17NO6S2. The summed E-state index contributed by atoms with van der Waals surface area (Å²) in [5.41, 5.74) is 0. The van der Waals surface area contributed by atoms with Crippen LogP contribution in [0, 0.1) is 0 Å². The molecule has 0 aromatic carbocycles. The Labute approximate surface area is 107 Å². The molecule has 0 aliphatic carbocycles. The third kappa shape index (κ3) is 3.92. The van der Waals surface area contributed by atoms with E-state index < -0.39 is 37.1 Å². The number of hydrogen-bond acceptors (Lipinski definition) is 5. The maximum Gasteiger partial charge on any atom is 0.321 e. The molecule has 2 N–H and O–H groups in total. The smallest absolute Gasteiger partial charge is 0.321 e. The van der Waals surface area contributed by atoms with Crippen LogP contribution in [0.2, 0.25) is 0 Å². The number of carbonyl (C=O) groups is 1. The van der Waals surface area contributed by atoms with E-state index in [4.69, 9.17) is 5.11 Å². The maximum atomic E-state index is 11.9. The summed E-state index contributed by atoms with van der Waals surface area (Å²) in [7, 11) is -6.92. The number of carboxylic acid groups (broad SMARTS) is 1. The predicted molar refractivity (Wildman–Crippen MR) is 65.4 cm³/mol. The standard InChI is InChI=1S/C9H17NO6S2/c1-2-8(9(11)12)10-18(15,16)7-3-5-17(13,14)6-4-7/h7-8,10H,2-6H2,1H3,(H,11,12)/t8-/m0/s1. The zero-order valence-electron chi connectivity index (χ0n) is 10.00. The van der Waals surface area contributed by atoms with Crippen molar-refractivity contribution in [3.05, 3.63) is 0 Å². The van der Waals surface area contributed by atoms with Crippen molar-refractivity contribution in [3.63, 3.8) is 0 Å². The van der Waals surface area contributed by atoms with Gasteiger partial charge < -0.3 is 5.11 Å². The first-order valence-corrected chi connectivity index (χ1v) is 8.99. The Morgan fingerprint density at radius 1 is 1.39 bits per heavy atom. The number of carboxylic acids is 1. The molecule has 1 aliphatic heterocycles. The number of sulfonamides is 1. The van der Waals surface area contributed by atoms with Crippen molar-refractivity contribution in [3.8, 4) is 0 Å². The lowest BCUT2D eigenvalue weighted by Crippen LogP contribution is -2.46. The predicted octanol–water partition coefficient (Wildman–Crippen LogP) is -0.654. The Morgan fingerprint density at radius 3 is 2.28 bits per heavy atom. The van der Waals surface area contributed by atoms with Gasteiger partial charge in [-0.15, -0.1) is 0 Å². The van der Waals surface area contributed by atoms with E-state index >= 15 is 0 Å². The molecule has 0 aromatic heterocycles. The summed E-state index contributed by atoms with van der Waals surface area (Å²) in [6.45, 7) is 1.56. The minimum atomic E-state index is -3.79. The molecule has 1 saturated heterocycles. The Morgan fingerprint density at radius 2 is 1.89 bits per heavy atom. The second kappa shape index (κ2) is 5.54. The van der Waals surface area contributed by atoms with Crippen LogP contribution in [0.15, 0.2) is 0 Å². The molecule has 0 unspecified atom stereocenters. The molecule has 18 heavy (non-hydrogen) atoms. The zero-order valence-corrected chi connectivity index (χ0v) is 11.6. The molecule has 9 heteroatoms. The Bertz CT molecular complexity index is 495. The monoisotopic (exact) mass is 299 g/mol. The summed E-state index contributed by atoms with van der Waals surface area (Å²) in [6, 6.07) is -1.16. The van der Waals surface area contributed by atoms with Crippen molar-refractivity contribution < 1.29 is 26.7 Å². The Kier molecular flexibility index (Phi) is 4.73. The third-order valence-corrected chi connectivity index (χ3v) is 6.63. The highest BCUT2D eigenvalue weighted by Crippen LogP contribution is 2.19. The van der Waals surface area contributed by atoms with Crippen molar-refractivity contribution in [1.29, 1.82) is 0 Å². The lowest BCUT2D eigenvalue weighted by Gasteiger charge is -2.23. The summed E-state index contributed by atoms with van der Waals surface area (Å²) in [5, 5.41) is 7.97. The summed E-state index contributed by atoms with van der Waals surface area (Å²) in [6.07, 6.45) is 0.182. The number of aliphatic carboxylic acids is 1. The van der Waals surface area contributed by atoms with E-state index in [0.29, 0.717) is 0 Å². The maximum absolute atomic E-state index is 11.9. The van der Waals surface area contributed by atoms with Crippen molar-refractivity contribution in [2.75, 3.05) is 11.5 Å². The van der Waals surface area contributed by atoms with Crippen molar-refractivity contribution in [2.24, 2.45) is 0 Å². The van der Waals surface area contributed by atoms with Gasteiger partial charge in [-0.05, 0) is 19.3 Å². The van der Waals surface area contributed by atoms with E-state index in [0.717, 1.165) is 0 Å². The molecule has 0 spiro atoms. The molecule has 106 valence electrons. The highest BCUT2D eigenvalue weighted by molar-refractivity contribution is 7.92. The van der Waals surface area contributed by atoms with Gasteiger partial charge in [-0.1, -0.05) is 6.92 Å². The molecule has 0 amide bonds. The zero-order chi connectivity index (χ0) is 14.0. The van der Waals surface area contributed by atoms with Crippen molar-refractivity contribution >= 4 is 25.8 Å². The van der Waals surface area contributed by atoms with Crippen LogP contribution in [0.1, 0.15) is 26.2 Å². The van der Waals surface area contributed by atoms with Gasteiger partial charge in [0, 0.05) is 0 Å². The molecule has 0 bridgehead atoms. The van der Waals surface area contributed by atoms with Crippen molar-refractivity contribution in [2.45, 2.75) is 37.5 Å². The van der Waals surface area contributed by atoms with Crippen LogP contribution in [0.5, 0.6) is 0 Å². The molecule has 1 heterocycles. The number of sulfone groups is 1. The lowest BCUT2D eigenvalue weighted by molar-refractivity contribution is -0.139. The molecule has 7 nitrogen and oxygen atoms in total. The molecule has 1 rings (SSSR count). The van der Waals surface area contributed by atoms with E-state index in [9.17, 15) is 21.6 Å². The van der Waals surface area contributed by atoms with Crippen LogP contribution in [0.4, 0.5) is 0 Å². The van der Waals surface area contributed by atoms with Crippen LogP contribution in [0.25, 0.3) is 0 Å². The Hall–Kier alpha value is -0.670. The minimum Gasteiger partial charge on any atom is -0.480 e. The summed E-state index contributed by atoms with van der Waals surface area (Å²) in [5.74, 6) is -1.56. The summed E-state index contributed by atoms with van der Waals surface area (Å²) < 4.78 is 48.3. The summed E-state index contributed by atoms with van der Waals surface area (Å²) >= 11 is 0. The first-order valence-electron chi connectivity index (χ1n) is 5.62. The van der Waals surface area contributed by atoms with Gasteiger partial charge in [-0.2, -0.15) is 0 Å². The quantitative estimate of drug-likeness (QED) is 0.696. The topological polar surface area (TPSA) is 118 Å². The van der Waals surface area contributed by atoms with Gasteiger partial charge in [0.15, 0.2) is 0 Å². The van der Waals surface area contributed by atoms with Crippen LogP contribution in [-0.2, 0) is 24.7 Å². The first kappa shape index (κ1) is 15.4. The average Bonchev–Trinajstić information content (AvgIpc) is 2.25. The minimum absolute atomic E-state index is 0.0215. The SMILES string of the molecule is CC[C@H](NS(=O)(=O)C1CCS(=O)(=O)CC1)C(=O)O. The van der Waals surface area contributed by atoms with Gasteiger partial charge in [0.25, 0.3) is 0 Å². The van der Waals surface area contributed by atoms with Crippen LogP contribution in [0.3, 0.4) is 0 Å². The molecular weight excluding hydrogens is 282 g/mol. The van der Waals surface area contributed by atoms with Crippen molar-refractivity contribution in [1.82, 2.24) is 4.72 Å². The molecule has 1 aliphatic rings. The fraction of sp³-hybridized carbons (Fsp3) is 0.889. The van der Waals surface area contributed by atoms with Gasteiger partial charge in [0.05, 0.1) is 16.8 Å². The summed E-state index contributed by atoms with van der Waals surface area (Å²) in [4.78, 5) is 10.8. The van der Waals surface area contributed by atoms with Gasteiger partial charge >= 0.3 is 5.97 Å². The lowest BCUT2D eigenvalue weighted by atomic mass is 10.2. The fourth-order valence-corrected chi connectivity index (χ4v) is 5.28. The molecule has 0 radical (unpaired) electrons. The second-order valence-corrected chi connectivity index (χ2v) is 8.61. The van der Waals surface area contributed by atoms with Gasteiger partial charge in [-0.3, -0.25) is 4.79 Å². The van der Waals surface area contributed by atoms with E-state index in [1.54, 1.807) is 6.92 Å². The average molecular weight is 299 g/mol. The molecule has 0 aromatic rings. The molecule has 1 atom stereocenters. The van der Waals surface area contributed by atoms with Crippen LogP contribution < -0.4 is 4.72 Å². The molecule has 1 fully saturated rings. The van der Waals surface area contributed by atoms with Gasteiger partial charge in [0.2, 0.25) is 10.0 Å². The van der Waals surface area contributed by atoms with Gasteiger partial charge in [-0.25, -0.2) is 21.6 Å². The fourth-order valence-electron chi connectivity index (χ4n) is 1.78. The number of nitrogens with one attached hydrogen (secondary N) is 1. The molecule has 0 saturated carbocycles. The Balaban J connectivity index is 2.73. The second-order valence-electron chi connectivity index (χ2n) is 4.31. The van der Waals surface area contributed by atoms with E-state index in [2.05, 4.69) is 4.72 Å². The number of rotatable bonds is 5. The largest absolute Gasteiger partial charge is 0.480 e. The number of hydrogen-bond donors (Lipinski definition) is 2. The van der Waals surface area contributed by atoms with E-state index in [1.165, 1.54) is 0 Å². The van der Waals surface area contributed by atoms with Gasteiger partial charge in [0.1, 0.15) is 15.9 Å². The van der Waals surface area contributed by atoms with Crippen LogP contribution >= 0.6 is 0 Å².